The van der Waals surface area contributed by atoms with Crippen LogP contribution in [0.15, 0.2) is 54.6 Å². The number of anilines is 3. The van der Waals surface area contributed by atoms with E-state index in [4.69, 9.17) is 0 Å². The van der Waals surface area contributed by atoms with Crippen molar-refractivity contribution in [2.24, 2.45) is 0 Å². The third-order valence-corrected chi connectivity index (χ3v) is 7.82. The van der Waals surface area contributed by atoms with E-state index in [0.717, 1.165) is 68.8 Å². The van der Waals surface area contributed by atoms with Crippen molar-refractivity contribution in [3.8, 4) is 0 Å². The minimum absolute atomic E-state index is 0.104. The van der Waals surface area contributed by atoms with Gasteiger partial charge in [0.05, 0.1) is 12.1 Å². The van der Waals surface area contributed by atoms with Crippen LogP contribution in [0.3, 0.4) is 0 Å². The number of carbonyl (C=O) groups excluding carboxylic acids is 2. The van der Waals surface area contributed by atoms with Crippen LogP contribution >= 0.6 is 11.3 Å². The van der Waals surface area contributed by atoms with E-state index < -0.39 is 0 Å². The zero-order valence-corrected chi connectivity index (χ0v) is 20.4. The number of benzene rings is 2. The molecule has 2 amide bonds. The largest absolute Gasteiger partial charge is 0.369 e. The van der Waals surface area contributed by atoms with Crippen LogP contribution in [-0.2, 0) is 17.6 Å². The van der Waals surface area contributed by atoms with Crippen LogP contribution in [0.2, 0.25) is 0 Å². The van der Waals surface area contributed by atoms with E-state index in [-0.39, 0.29) is 24.2 Å². The Labute approximate surface area is 208 Å². The van der Waals surface area contributed by atoms with Crippen LogP contribution < -0.4 is 15.5 Å². The standard InChI is InChI=1S/C27H29FN4O2S/c28-19-10-12-21(13-11-19)32-16-14-31(15-17-32)18-24(33)30-27-25(22-8-4-5-9-23(22)35-27)26(34)29-20-6-2-1-3-7-20/h1-3,6-7,10-13H,4-5,8-9,14-18H2,(H,29,34)(H,30,33). The summed E-state index contributed by atoms with van der Waals surface area (Å²) in [4.78, 5) is 31.7. The highest BCUT2D eigenvalue weighted by Gasteiger charge is 2.27. The minimum atomic E-state index is -0.240. The minimum Gasteiger partial charge on any atom is -0.369 e. The highest BCUT2D eigenvalue weighted by molar-refractivity contribution is 7.17. The van der Waals surface area contributed by atoms with Crippen molar-refractivity contribution >= 4 is 39.5 Å². The van der Waals surface area contributed by atoms with Gasteiger partial charge in [0.15, 0.2) is 0 Å². The molecule has 2 N–H and O–H groups in total. The maximum absolute atomic E-state index is 13.2. The summed E-state index contributed by atoms with van der Waals surface area (Å²) in [6, 6.07) is 15.9. The normalized spacial score (nSPS) is 16.0. The lowest BCUT2D eigenvalue weighted by Crippen LogP contribution is -2.48. The molecule has 1 saturated heterocycles. The second kappa shape index (κ2) is 10.6. The van der Waals surface area contributed by atoms with Crippen LogP contribution in [0.1, 0.15) is 33.6 Å². The molecule has 6 nitrogen and oxygen atoms in total. The molecule has 0 saturated carbocycles. The maximum atomic E-state index is 13.2. The second-order valence-corrected chi connectivity index (χ2v) is 10.1. The smallest absolute Gasteiger partial charge is 0.258 e. The Bertz CT molecular complexity index is 1190. The van der Waals surface area contributed by atoms with E-state index >= 15 is 0 Å². The van der Waals surface area contributed by atoms with Crippen molar-refractivity contribution in [3.63, 3.8) is 0 Å². The molecule has 2 heterocycles. The number of aryl methyl sites for hydroxylation is 1. The molecule has 1 aliphatic carbocycles. The first-order valence-electron chi connectivity index (χ1n) is 12.1. The Hall–Kier alpha value is -3.23. The Morgan fingerprint density at radius 3 is 2.34 bits per heavy atom. The molecule has 35 heavy (non-hydrogen) atoms. The van der Waals surface area contributed by atoms with Crippen molar-refractivity contribution in [2.75, 3.05) is 48.3 Å². The molecule has 0 spiro atoms. The number of thiophene rings is 1. The predicted octanol–water partition coefficient (Wildman–Crippen LogP) is 4.78. The number of hydrogen-bond acceptors (Lipinski definition) is 5. The molecule has 8 heteroatoms. The molecule has 2 aromatic carbocycles. The molecule has 0 radical (unpaired) electrons. The Morgan fingerprint density at radius 1 is 0.886 bits per heavy atom. The van der Waals surface area contributed by atoms with Crippen molar-refractivity contribution in [2.45, 2.75) is 25.7 Å². The number of nitrogens with zero attached hydrogens (tertiary/aromatic N) is 2. The quantitative estimate of drug-likeness (QED) is 0.520. The molecular weight excluding hydrogens is 463 g/mol. The first-order valence-corrected chi connectivity index (χ1v) is 12.9. The molecule has 1 aliphatic heterocycles. The summed E-state index contributed by atoms with van der Waals surface area (Å²) in [7, 11) is 0. The number of para-hydroxylation sites is 1. The van der Waals surface area contributed by atoms with Gasteiger partial charge < -0.3 is 15.5 Å². The Morgan fingerprint density at radius 2 is 1.60 bits per heavy atom. The topological polar surface area (TPSA) is 64.7 Å². The predicted molar refractivity (Wildman–Crippen MR) is 139 cm³/mol. The van der Waals surface area contributed by atoms with Gasteiger partial charge in [-0.1, -0.05) is 18.2 Å². The van der Waals surface area contributed by atoms with Gasteiger partial charge in [0, 0.05) is 42.4 Å². The summed E-state index contributed by atoms with van der Waals surface area (Å²) in [5, 5.41) is 6.70. The van der Waals surface area contributed by atoms with E-state index in [1.54, 1.807) is 12.1 Å². The van der Waals surface area contributed by atoms with Gasteiger partial charge in [-0.2, -0.15) is 0 Å². The average molecular weight is 493 g/mol. The first kappa shape index (κ1) is 23.5. The average Bonchev–Trinajstić information content (AvgIpc) is 3.23. The SMILES string of the molecule is O=C(CN1CCN(c2ccc(F)cc2)CC1)Nc1sc2c(c1C(=O)Nc1ccccc1)CCCC2. The monoisotopic (exact) mass is 492 g/mol. The second-order valence-electron chi connectivity index (χ2n) is 9.02. The van der Waals surface area contributed by atoms with E-state index in [0.29, 0.717) is 10.6 Å². The number of rotatable bonds is 6. The van der Waals surface area contributed by atoms with Crippen LogP contribution in [-0.4, -0.2) is 49.4 Å². The van der Waals surface area contributed by atoms with E-state index in [2.05, 4.69) is 20.4 Å². The molecule has 0 bridgehead atoms. The van der Waals surface area contributed by atoms with Crippen LogP contribution in [0.4, 0.5) is 20.8 Å². The molecule has 0 atom stereocenters. The number of hydrogen-bond donors (Lipinski definition) is 2. The summed E-state index contributed by atoms with van der Waals surface area (Å²) >= 11 is 1.54. The van der Waals surface area contributed by atoms with Gasteiger partial charge in [-0.25, -0.2) is 4.39 Å². The Kier molecular flexibility index (Phi) is 7.11. The molecule has 5 rings (SSSR count). The van der Waals surface area contributed by atoms with Crippen LogP contribution in [0, 0.1) is 5.82 Å². The Balaban J connectivity index is 1.23. The zero-order valence-electron chi connectivity index (χ0n) is 19.6. The molecule has 3 aromatic rings. The van der Waals surface area contributed by atoms with Gasteiger partial charge in [0.2, 0.25) is 5.91 Å². The van der Waals surface area contributed by atoms with Crippen LogP contribution in [0.25, 0.3) is 0 Å². The third kappa shape index (κ3) is 5.55. The lowest BCUT2D eigenvalue weighted by atomic mass is 9.95. The number of fused-ring (bicyclic) bond motifs is 1. The van der Waals surface area contributed by atoms with Gasteiger partial charge in [0.25, 0.3) is 5.91 Å². The molecule has 2 aliphatic rings. The van der Waals surface area contributed by atoms with Gasteiger partial charge in [-0.3, -0.25) is 14.5 Å². The first-order chi connectivity index (χ1) is 17.1. The fourth-order valence-corrected chi connectivity index (χ4v) is 6.10. The molecule has 182 valence electrons. The lowest BCUT2D eigenvalue weighted by molar-refractivity contribution is -0.117. The van der Waals surface area contributed by atoms with Crippen molar-refractivity contribution < 1.29 is 14.0 Å². The van der Waals surface area contributed by atoms with Gasteiger partial charge in [-0.15, -0.1) is 11.3 Å². The van der Waals surface area contributed by atoms with Crippen molar-refractivity contribution in [1.29, 1.82) is 0 Å². The highest BCUT2D eigenvalue weighted by Crippen LogP contribution is 2.38. The molecular formula is C27H29FN4O2S. The molecule has 1 fully saturated rings. The highest BCUT2D eigenvalue weighted by atomic mass is 32.1. The summed E-state index contributed by atoms with van der Waals surface area (Å²) in [6.45, 7) is 3.31. The fraction of sp³-hybridized carbons (Fsp3) is 0.333. The number of piperazine rings is 1. The van der Waals surface area contributed by atoms with Crippen LogP contribution in [0.5, 0.6) is 0 Å². The summed E-state index contributed by atoms with van der Waals surface area (Å²) in [5.41, 5.74) is 3.43. The third-order valence-electron chi connectivity index (χ3n) is 6.61. The summed E-state index contributed by atoms with van der Waals surface area (Å²) in [5.74, 6) is -0.512. The summed E-state index contributed by atoms with van der Waals surface area (Å²) < 4.78 is 13.2. The lowest BCUT2D eigenvalue weighted by Gasteiger charge is -2.35. The van der Waals surface area contributed by atoms with Gasteiger partial charge in [-0.05, 0) is 67.6 Å². The van der Waals surface area contributed by atoms with Crippen molar-refractivity contribution in [3.05, 3.63) is 76.4 Å². The van der Waals surface area contributed by atoms with Gasteiger partial charge >= 0.3 is 0 Å². The number of halogens is 1. The van der Waals surface area contributed by atoms with Crippen molar-refractivity contribution in [1.82, 2.24) is 4.90 Å². The van der Waals surface area contributed by atoms with E-state index in [9.17, 15) is 14.0 Å². The summed E-state index contributed by atoms with van der Waals surface area (Å²) in [6.07, 6.45) is 3.98. The number of carbonyl (C=O) groups is 2. The molecule has 0 unspecified atom stereocenters. The van der Waals surface area contributed by atoms with Gasteiger partial charge in [0.1, 0.15) is 10.8 Å². The fourth-order valence-electron chi connectivity index (χ4n) is 4.79. The zero-order chi connectivity index (χ0) is 24.2. The van der Waals surface area contributed by atoms with E-state index in [1.165, 1.54) is 28.3 Å². The number of nitrogens with one attached hydrogen (secondary N) is 2. The number of amides is 2. The molecule has 1 aromatic heterocycles. The maximum Gasteiger partial charge on any atom is 0.258 e. The van der Waals surface area contributed by atoms with E-state index in [1.807, 2.05) is 30.3 Å².